The summed E-state index contributed by atoms with van der Waals surface area (Å²) in [4.78, 5) is 11.4. The summed E-state index contributed by atoms with van der Waals surface area (Å²) in [6.45, 7) is 0. The Bertz CT molecular complexity index is 717. The number of ether oxygens (including phenoxy) is 1. The zero-order valence-corrected chi connectivity index (χ0v) is 12.1. The van der Waals surface area contributed by atoms with Crippen LogP contribution in [0, 0.1) is 5.82 Å². The highest BCUT2D eigenvalue weighted by molar-refractivity contribution is 6.22. The molecule has 1 unspecified atom stereocenters. The van der Waals surface area contributed by atoms with Crippen LogP contribution < -0.4 is 10.1 Å². The van der Waals surface area contributed by atoms with E-state index < -0.39 is 11.2 Å². The maximum atomic E-state index is 13.4. The lowest BCUT2D eigenvalue weighted by Crippen LogP contribution is -2.03. The number of nitrogens with one attached hydrogen (secondary N) is 1. The van der Waals surface area contributed by atoms with Crippen LogP contribution in [0.2, 0.25) is 0 Å². The van der Waals surface area contributed by atoms with Crippen LogP contribution in [-0.2, 0) is 11.2 Å². The highest BCUT2D eigenvalue weighted by Crippen LogP contribution is 2.34. The van der Waals surface area contributed by atoms with Gasteiger partial charge in [-0.25, -0.2) is 4.39 Å². The molecule has 1 atom stereocenters. The molecule has 0 aliphatic carbocycles. The van der Waals surface area contributed by atoms with Gasteiger partial charge in [-0.05, 0) is 34.9 Å². The molecule has 1 N–H and O–H groups in total. The number of fused-ring (bicyclic) bond motifs is 1. The first-order valence-corrected chi connectivity index (χ1v) is 6.92. The Balaban J connectivity index is 1.94. The number of carbonyl (C=O) groups is 1. The summed E-state index contributed by atoms with van der Waals surface area (Å²) in [5.41, 5.74) is 3.36. The normalized spacial score (nSPS) is 14.5. The van der Waals surface area contributed by atoms with Gasteiger partial charge < -0.3 is 10.1 Å². The lowest BCUT2D eigenvalue weighted by atomic mass is 10.0. The van der Waals surface area contributed by atoms with Gasteiger partial charge in [0.2, 0.25) is 5.91 Å². The Morgan fingerprint density at radius 1 is 1.24 bits per heavy atom. The Morgan fingerprint density at radius 3 is 2.71 bits per heavy atom. The third-order valence-electron chi connectivity index (χ3n) is 3.51. The van der Waals surface area contributed by atoms with Gasteiger partial charge in [-0.1, -0.05) is 18.2 Å². The number of amides is 1. The molecule has 0 saturated carbocycles. The van der Waals surface area contributed by atoms with Crippen LogP contribution in [-0.4, -0.2) is 13.0 Å². The van der Waals surface area contributed by atoms with E-state index in [0.29, 0.717) is 6.42 Å². The quantitative estimate of drug-likeness (QED) is 0.879. The van der Waals surface area contributed by atoms with Crippen LogP contribution in [0.4, 0.5) is 10.1 Å². The molecule has 0 saturated heterocycles. The maximum Gasteiger partial charge on any atom is 0.228 e. The second-order valence-electron chi connectivity index (χ2n) is 4.90. The minimum absolute atomic E-state index is 0.0169. The predicted molar refractivity (Wildman–Crippen MR) is 79.4 cm³/mol. The number of hydrogen-bond donors (Lipinski definition) is 1. The third kappa shape index (κ3) is 2.59. The number of rotatable bonds is 3. The van der Waals surface area contributed by atoms with E-state index in [9.17, 15) is 9.18 Å². The molecule has 0 bridgehead atoms. The first kappa shape index (κ1) is 13.9. The molecule has 2 aromatic carbocycles. The summed E-state index contributed by atoms with van der Waals surface area (Å²) in [6, 6.07) is 10.2. The van der Waals surface area contributed by atoms with Crippen LogP contribution in [0.1, 0.15) is 22.1 Å². The zero-order valence-electron chi connectivity index (χ0n) is 11.3. The van der Waals surface area contributed by atoms with E-state index in [4.69, 9.17) is 16.3 Å². The molecule has 0 radical (unpaired) electrons. The monoisotopic (exact) mass is 305 g/mol. The van der Waals surface area contributed by atoms with Crippen LogP contribution >= 0.6 is 11.6 Å². The lowest BCUT2D eigenvalue weighted by Gasteiger charge is -2.13. The molecule has 1 amide bonds. The minimum atomic E-state index is -0.430. The molecule has 0 fully saturated rings. The van der Waals surface area contributed by atoms with Crippen LogP contribution in [0.25, 0.3) is 0 Å². The summed E-state index contributed by atoms with van der Waals surface area (Å²) in [5.74, 6) is -0.276. The van der Waals surface area contributed by atoms with Gasteiger partial charge in [0.1, 0.15) is 0 Å². The minimum Gasteiger partial charge on any atom is -0.494 e. The van der Waals surface area contributed by atoms with Crippen molar-refractivity contribution < 1.29 is 13.9 Å². The van der Waals surface area contributed by atoms with Crippen LogP contribution in [0.3, 0.4) is 0 Å². The number of methoxy groups -OCH3 is 1. The van der Waals surface area contributed by atoms with Crippen molar-refractivity contribution >= 4 is 23.2 Å². The van der Waals surface area contributed by atoms with Crippen molar-refractivity contribution in [1.29, 1.82) is 0 Å². The van der Waals surface area contributed by atoms with Crippen molar-refractivity contribution in [3.63, 3.8) is 0 Å². The molecule has 3 nitrogen and oxygen atoms in total. The summed E-state index contributed by atoms with van der Waals surface area (Å²) in [6.07, 6.45) is 0.361. The van der Waals surface area contributed by atoms with Crippen molar-refractivity contribution in [1.82, 2.24) is 0 Å². The van der Waals surface area contributed by atoms with Gasteiger partial charge in [-0.3, -0.25) is 4.79 Å². The number of benzene rings is 2. The number of halogens is 2. The third-order valence-corrected chi connectivity index (χ3v) is 4.02. The first-order chi connectivity index (χ1) is 10.1. The highest BCUT2D eigenvalue weighted by Gasteiger charge is 2.20. The molecule has 2 aromatic rings. The Morgan fingerprint density at radius 2 is 1.95 bits per heavy atom. The molecule has 21 heavy (non-hydrogen) atoms. The van der Waals surface area contributed by atoms with E-state index >= 15 is 0 Å². The van der Waals surface area contributed by atoms with Gasteiger partial charge in [-0.2, -0.15) is 0 Å². The van der Waals surface area contributed by atoms with Crippen molar-refractivity contribution in [2.45, 2.75) is 11.8 Å². The van der Waals surface area contributed by atoms with E-state index in [-0.39, 0.29) is 11.7 Å². The van der Waals surface area contributed by atoms with E-state index in [2.05, 4.69) is 5.32 Å². The van der Waals surface area contributed by atoms with Gasteiger partial charge in [-0.15, -0.1) is 11.6 Å². The summed E-state index contributed by atoms with van der Waals surface area (Å²) in [7, 11) is 1.41. The second-order valence-corrected chi connectivity index (χ2v) is 5.33. The van der Waals surface area contributed by atoms with Gasteiger partial charge in [0.15, 0.2) is 11.6 Å². The van der Waals surface area contributed by atoms with Crippen molar-refractivity contribution in [2.75, 3.05) is 12.4 Å². The smallest absolute Gasteiger partial charge is 0.228 e. The SMILES string of the molecule is COc1cc(C(Cl)c2ccc3c(c2)CC(=O)N3)ccc1F. The Hall–Kier alpha value is -2.07. The number of alkyl halides is 1. The number of hydrogen-bond acceptors (Lipinski definition) is 2. The second kappa shape index (κ2) is 5.37. The van der Waals surface area contributed by atoms with Crippen molar-refractivity contribution in [2.24, 2.45) is 0 Å². The van der Waals surface area contributed by atoms with Gasteiger partial charge in [0.05, 0.1) is 18.9 Å². The van der Waals surface area contributed by atoms with E-state index in [1.54, 1.807) is 12.1 Å². The standard InChI is InChI=1S/C16H13ClFNO2/c1-21-14-7-10(2-4-12(14)18)16(17)9-3-5-13-11(6-9)8-15(20)19-13/h2-7,16H,8H2,1H3,(H,19,20). The average molecular weight is 306 g/mol. The Labute approximate surface area is 126 Å². The fourth-order valence-corrected chi connectivity index (χ4v) is 2.70. The van der Waals surface area contributed by atoms with Crippen molar-refractivity contribution in [3.05, 3.63) is 58.9 Å². The van der Waals surface area contributed by atoms with Gasteiger partial charge >= 0.3 is 0 Å². The topological polar surface area (TPSA) is 38.3 Å². The van der Waals surface area contributed by atoms with Gasteiger partial charge in [0, 0.05) is 5.69 Å². The van der Waals surface area contributed by atoms with E-state index in [1.165, 1.54) is 13.2 Å². The fraction of sp³-hybridized carbons (Fsp3) is 0.188. The van der Waals surface area contributed by atoms with Gasteiger partial charge in [0.25, 0.3) is 0 Å². The molecule has 1 aliphatic heterocycles. The molecule has 5 heteroatoms. The number of anilines is 1. The largest absolute Gasteiger partial charge is 0.494 e. The zero-order chi connectivity index (χ0) is 15.0. The highest BCUT2D eigenvalue weighted by atomic mass is 35.5. The van der Waals surface area contributed by atoms with E-state index in [0.717, 1.165) is 22.4 Å². The molecule has 0 aromatic heterocycles. The summed E-state index contributed by atoms with van der Waals surface area (Å²) < 4.78 is 18.4. The molecule has 108 valence electrons. The number of carbonyl (C=O) groups excluding carboxylic acids is 1. The predicted octanol–water partition coefficient (Wildman–Crippen LogP) is 3.66. The molecule has 1 aliphatic rings. The average Bonchev–Trinajstić information content (AvgIpc) is 2.86. The Kier molecular flexibility index (Phi) is 3.55. The molecular formula is C16H13ClFNO2. The molecule has 0 spiro atoms. The van der Waals surface area contributed by atoms with E-state index in [1.807, 2.05) is 18.2 Å². The lowest BCUT2D eigenvalue weighted by molar-refractivity contribution is -0.115. The molecular weight excluding hydrogens is 293 g/mol. The van der Waals surface area contributed by atoms with Crippen LogP contribution in [0.5, 0.6) is 5.75 Å². The molecule has 1 heterocycles. The summed E-state index contributed by atoms with van der Waals surface area (Å²) in [5, 5.41) is 2.35. The maximum absolute atomic E-state index is 13.4. The molecule has 3 rings (SSSR count). The van der Waals surface area contributed by atoms with Crippen LogP contribution in [0.15, 0.2) is 36.4 Å². The first-order valence-electron chi connectivity index (χ1n) is 6.48. The fourth-order valence-electron chi connectivity index (χ4n) is 2.43. The summed E-state index contributed by atoms with van der Waals surface area (Å²) >= 11 is 6.47. The van der Waals surface area contributed by atoms with Crippen molar-refractivity contribution in [3.8, 4) is 5.75 Å².